The number of aromatic nitrogens is 1. The lowest BCUT2D eigenvalue weighted by molar-refractivity contribution is 0.0954. The van der Waals surface area contributed by atoms with E-state index in [1.807, 2.05) is 19.3 Å². The van der Waals surface area contributed by atoms with Crippen LogP contribution in [0.1, 0.15) is 21.6 Å². The van der Waals surface area contributed by atoms with E-state index in [-0.39, 0.29) is 5.82 Å². The molecule has 1 heterocycles. The molecule has 0 saturated heterocycles. The van der Waals surface area contributed by atoms with Crippen molar-refractivity contribution in [3.63, 3.8) is 0 Å². The molecule has 13 heavy (non-hydrogen) atoms. The van der Waals surface area contributed by atoms with Gasteiger partial charge in [0.15, 0.2) is 0 Å². The molecular weight excluding hydrogens is 168 g/mol. The first-order valence-corrected chi connectivity index (χ1v) is 3.81. The minimum atomic E-state index is -0.423. The molecule has 0 radical (unpaired) electrons. The molecular formula is C8H12N4O. The number of pyridine rings is 1. The van der Waals surface area contributed by atoms with Crippen LogP contribution in [0.2, 0.25) is 0 Å². The largest absolute Gasteiger partial charge is 0.383 e. The van der Waals surface area contributed by atoms with Crippen LogP contribution in [0.4, 0.5) is 5.82 Å². The van der Waals surface area contributed by atoms with Crippen molar-refractivity contribution in [1.29, 1.82) is 0 Å². The number of hydrogen-bond donors (Lipinski definition) is 3. The molecule has 0 aromatic carbocycles. The molecule has 0 aliphatic carbocycles. The van der Waals surface area contributed by atoms with Crippen molar-refractivity contribution >= 4 is 11.7 Å². The summed E-state index contributed by atoms with van der Waals surface area (Å²) in [5.41, 5.74) is 9.58. The molecule has 0 spiro atoms. The van der Waals surface area contributed by atoms with Crippen LogP contribution >= 0.6 is 0 Å². The summed E-state index contributed by atoms with van der Waals surface area (Å²) < 4.78 is 0. The monoisotopic (exact) mass is 180 g/mol. The van der Waals surface area contributed by atoms with E-state index < -0.39 is 5.91 Å². The highest BCUT2D eigenvalue weighted by atomic mass is 16.2. The van der Waals surface area contributed by atoms with E-state index in [0.29, 0.717) is 5.56 Å². The summed E-state index contributed by atoms with van der Waals surface area (Å²) >= 11 is 0. The van der Waals surface area contributed by atoms with Crippen LogP contribution in [0.15, 0.2) is 6.07 Å². The third kappa shape index (κ3) is 1.75. The Morgan fingerprint density at radius 1 is 1.54 bits per heavy atom. The van der Waals surface area contributed by atoms with E-state index in [0.717, 1.165) is 11.3 Å². The van der Waals surface area contributed by atoms with Gasteiger partial charge in [-0.05, 0) is 25.5 Å². The Hall–Kier alpha value is -1.62. The minimum absolute atomic E-state index is 0.200. The van der Waals surface area contributed by atoms with E-state index in [1.165, 1.54) is 0 Å². The van der Waals surface area contributed by atoms with Gasteiger partial charge in [-0.3, -0.25) is 10.2 Å². The maximum absolute atomic E-state index is 11.1. The molecule has 0 unspecified atom stereocenters. The highest BCUT2D eigenvalue weighted by Gasteiger charge is 2.10. The van der Waals surface area contributed by atoms with Crippen LogP contribution in [0, 0.1) is 13.8 Å². The van der Waals surface area contributed by atoms with Crippen molar-refractivity contribution < 1.29 is 4.79 Å². The first kappa shape index (κ1) is 9.47. The van der Waals surface area contributed by atoms with Crippen molar-refractivity contribution in [2.45, 2.75) is 13.8 Å². The average molecular weight is 180 g/mol. The van der Waals surface area contributed by atoms with Crippen LogP contribution in [0.3, 0.4) is 0 Å². The summed E-state index contributed by atoms with van der Waals surface area (Å²) in [6, 6.07) is 1.67. The third-order valence-corrected chi connectivity index (χ3v) is 1.87. The fraction of sp³-hybridized carbons (Fsp3) is 0.250. The maximum Gasteiger partial charge on any atom is 0.268 e. The number of hydrogen-bond acceptors (Lipinski definition) is 4. The highest BCUT2D eigenvalue weighted by Crippen LogP contribution is 2.13. The Kier molecular flexibility index (Phi) is 2.48. The number of carbonyl (C=O) groups excluding carboxylic acids is 1. The van der Waals surface area contributed by atoms with E-state index in [1.54, 1.807) is 6.07 Å². The molecule has 1 rings (SSSR count). The lowest BCUT2D eigenvalue weighted by atomic mass is 10.1. The van der Waals surface area contributed by atoms with Gasteiger partial charge in [0.05, 0.1) is 5.56 Å². The molecule has 1 amide bonds. The summed E-state index contributed by atoms with van der Waals surface area (Å²) in [4.78, 5) is 15.1. The van der Waals surface area contributed by atoms with Gasteiger partial charge in [-0.25, -0.2) is 10.8 Å². The van der Waals surface area contributed by atoms with Crippen molar-refractivity contribution in [3.8, 4) is 0 Å². The number of nitrogen functional groups attached to an aromatic ring is 2. The molecule has 0 aliphatic heterocycles. The topological polar surface area (TPSA) is 94.0 Å². The van der Waals surface area contributed by atoms with E-state index in [2.05, 4.69) is 4.98 Å². The number of nitrogens with zero attached hydrogens (tertiary/aromatic N) is 1. The maximum atomic E-state index is 11.1. The second-order valence-corrected chi connectivity index (χ2v) is 2.80. The number of carbonyl (C=O) groups is 1. The fourth-order valence-electron chi connectivity index (χ4n) is 0.984. The van der Waals surface area contributed by atoms with Gasteiger partial charge in [0.1, 0.15) is 5.82 Å². The Labute approximate surface area is 76.1 Å². The summed E-state index contributed by atoms with van der Waals surface area (Å²) in [5.74, 6) is 4.76. The number of rotatable bonds is 1. The van der Waals surface area contributed by atoms with Gasteiger partial charge < -0.3 is 5.73 Å². The predicted octanol–water partition coefficient (Wildman–Crippen LogP) is -0.116. The van der Waals surface area contributed by atoms with Crippen molar-refractivity contribution in [3.05, 3.63) is 22.9 Å². The van der Waals surface area contributed by atoms with E-state index in [4.69, 9.17) is 11.6 Å². The molecule has 5 N–H and O–H groups in total. The summed E-state index contributed by atoms with van der Waals surface area (Å²) in [6.45, 7) is 3.69. The molecule has 0 saturated carbocycles. The van der Waals surface area contributed by atoms with Gasteiger partial charge >= 0.3 is 0 Å². The zero-order valence-corrected chi connectivity index (χ0v) is 7.59. The second-order valence-electron chi connectivity index (χ2n) is 2.80. The molecule has 1 aromatic heterocycles. The average Bonchev–Trinajstić information content (AvgIpc) is 2.10. The number of aryl methyl sites for hydroxylation is 2. The Morgan fingerprint density at radius 3 is 2.69 bits per heavy atom. The predicted molar refractivity (Wildman–Crippen MR) is 49.8 cm³/mol. The molecule has 0 atom stereocenters. The van der Waals surface area contributed by atoms with Gasteiger partial charge in [-0.1, -0.05) is 0 Å². The Morgan fingerprint density at radius 2 is 2.15 bits per heavy atom. The smallest absolute Gasteiger partial charge is 0.268 e. The SMILES string of the molecule is Cc1cc(C(=O)NN)c(N)nc1C. The van der Waals surface area contributed by atoms with Crippen molar-refractivity contribution in [2.75, 3.05) is 5.73 Å². The van der Waals surface area contributed by atoms with Crippen LogP contribution in [-0.4, -0.2) is 10.9 Å². The first-order chi connectivity index (χ1) is 6.06. The minimum Gasteiger partial charge on any atom is -0.383 e. The normalized spacial score (nSPS) is 9.77. The van der Waals surface area contributed by atoms with Crippen LogP contribution < -0.4 is 17.0 Å². The fourth-order valence-corrected chi connectivity index (χ4v) is 0.984. The molecule has 5 heteroatoms. The number of hydrazine groups is 1. The van der Waals surface area contributed by atoms with Crippen LogP contribution in [0.5, 0.6) is 0 Å². The zero-order valence-electron chi connectivity index (χ0n) is 7.59. The summed E-state index contributed by atoms with van der Waals surface area (Å²) in [6.07, 6.45) is 0. The van der Waals surface area contributed by atoms with E-state index >= 15 is 0 Å². The molecule has 5 nitrogen and oxygen atoms in total. The standard InChI is InChI=1S/C8H12N4O/c1-4-3-6(8(13)12-10)7(9)11-5(4)2/h3H,10H2,1-2H3,(H2,9,11)(H,12,13). The molecule has 1 aromatic rings. The molecule has 70 valence electrons. The van der Waals surface area contributed by atoms with Crippen LogP contribution in [0.25, 0.3) is 0 Å². The Bertz CT molecular complexity index is 348. The lowest BCUT2D eigenvalue weighted by Crippen LogP contribution is -2.31. The van der Waals surface area contributed by atoms with Gasteiger partial charge in [-0.2, -0.15) is 0 Å². The number of nitrogens with one attached hydrogen (secondary N) is 1. The first-order valence-electron chi connectivity index (χ1n) is 3.81. The van der Waals surface area contributed by atoms with Crippen LogP contribution in [-0.2, 0) is 0 Å². The highest BCUT2D eigenvalue weighted by molar-refractivity contribution is 5.98. The molecule has 0 aliphatic rings. The number of amides is 1. The van der Waals surface area contributed by atoms with Crippen molar-refractivity contribution in [1.82, 2.24) is 10.4 Å². The van der Waals surface area contributed by atoms with Gasteiger partial charge in [0.25, 0.3) is 5.91 Å². The van der Waals surface area contributed by atoms with Gasteiger partial charge in [0.2, 0.25) is 0 Å². The lowest BCUT2D eigenvalue weighted by Gasteiger charge is -2.06. The second kappa shape index (κ2) is 3.40. The summed E-state index contributed by atoms with van der Waals surface area (Å²) in [7, 11) is 0. The molecule has 0 bridgehead atoms. The molecule has 0 fully saturated rings. The van der Waals surface area contributed by atoms with Crippen molar-refractivity contribution in [2.24, 2.45) is 5.84 Å². The van der Waals surface area contributed by atoms with Gasteiger partial charge in [0, 0.05) is 5.69 Å². The van der Waals surface area contributed by atoms with E-state index in [9.17, 15) is 4.79 Å². The number of nitrogens with two attached hydrogens (primary N) is 2. The number of anilines is 1. The third-order valence-electron chi connectivity index (χ3n) is 1.87. The van der Waals surface area contributed by atoms with Gasteiger partial charge in [-0.15, -0.1) is 0 Å². The summed E-state index contributed by atoms with van der Waals surface area (Å²) in [5, 5.41) is 0. The quantitative estimate of drug-likeness (QED) is 0.319. The Balaban J connectivity index is 3.23. The zero-order chi connectivity index (χ0) is 10.0.